The van der Waals surface area contributed by atoms with Crippen LogP contribution in [0.4, 0.5) is 0 Å². The van der Waals surface area contributed by atoms with Crippen molar-refractivity contribution in [2.45, 2.75) is 17.0 Å². The van der Waals surface area contributed by atoms with Gasteiger partial charge in [-0.25, -0.2) is 0 Å². The van der Waals surface area contributed by atoms with Gasteiger partial charge < -0.3 is 10.5 Å². The van der Waals surface area contributed by atoms with Gasteiger partial charge in [-0.3, -0.25) is 0 Å². The first kappa shape index (κ1) is 12.9. The molecule has 2 N–H and O–H groups in total. The van der Waals surface area contributed by atoms with Gasteiger partial charge in [0.25, 0.3) is 0 Å². The quantitative estimate of drug-likeness (QED) is 0.911. The van der Waals surface area contributed by atoms with Gasteiger partial charge >= 0.3 is 0 Å². The highest BCUT2D eigenvalue weighted by atomic mass is 35.5. The smallest absolute Gasteiger partial charge is 0.133 e. The molecule has 4 heteroatoms. The normalized spacial score (nSPS) is 19.4. The van der Waals surface area contributed by atoms with Gasteiger partial charge in [0.2, 0.25) is 0 Å². The van der Waals surface area contributed by atoms with Gasteiger partial charge in [-0.05, 0) is 23.8 Å². The molecule has 0 bridgehead atoms. The number of hydrogen-bond acceptors (Lipinski definition) is 3. The molecule has 0 saturated carbocycles. The van der Waals surface area contributed by atoms with E-state index in [0.717, 1.165) is 17.1 Å². The van der Waals surface area contributed by atoms with Gasteiger partial charge in [-0.2, -0.15) is 0 Å². The highest BCUT2D eigenvalue weighted by molar-refractivity contribution is 7.99. The number of fused-ring (bicyclic) bond motifs is 1. The van der Waals surface area contributed by atoms with Crippen LogP contribution in [-0.2, 0) is 0 Å². The van der Waals surface area contributed by atoms with E-state index in [0.29, 0.717) is 5.02 Å². The van der Waals surface area contributed by atoms with E-state index in [1.807, 2.05) is 42.5 Å². The highest BCUT2D eigenvalue weighted by Gasteiger charge is 2.27. The van der Waals surface area contributed by atoms with Crippen molar-refractivity contribution in [3.05, 3.63) is 59.1 Å². The standard InChI is InChI=1S/C15H14ClNOS/c16-11-6-2-1-5-10(11)15(17)13-9-19-14-8-4-3-7-12(14)18-13/h1-8,13,15H,9,17H2. The first-order valence-electron chi connectivity index (χ1n) is 6.14. The Labute approximate surface area is 121 Å². The summed E-state index contributed by atoms with van der Waals surface area (Å²) in [4.78, 5) is 1.17. The lowest BCUT2D eigenvalue weighted by atomic mass is 10.0. The van der Waals surface area contributed by atoms with Gasteiger partial charge in [0.15, 0.2) is 0 Å². The fourth-order valence-corrected chi connectivity index (χ4v) is 3.47. The van der Waals surface area contributed by atoms with E-state index in [4.69, 9.17) is 22.1 Å². The van der Waals surface area contributed by atoms with Crippen molar-refractivity contribution < 1.29 is 4.74 Å². The summed E-state index contributed by atoms with van der Waals surface area (Å²) in [6.45, 7) is 0. The third-order valence-corrected chi connectivity index (χ3v) is 4.68. The number of rotatable bonds is 2. The first-order valence-corrected chi connectivity index (χ1v) is 7.50. The van der Waals surface area contributed by atoms with Crippen LogP contribution >= 0.6 is 23.4 Å². The predicted molar refractivity (Wildman–Crippen MR) is 80.0 cm³/mol. The molecular formula is C15H14ClNOS. The Hall–Kier alpha value is -1.16. The van der Waals surface area contributed by atoms with Gasteiger partial charge in [0, 0.05) is 15.7 Å². The summed E-state index contributed by atoms with van der Waals surface area (Å²) >= 11 is 7.97. The Bertz CT molecular complexity index is 590. The van der Waals surface area contributed by atoms with Crippen LogP contribution in [0.3, 0.4) is 0 Å². The number of benzene rings is 2. The van der Waals surface area contributed by atoms with Gasteiger partial charge in [0.1, 0.15) is 11.9 Å². The Balaban J connectivity index is 1.83. The Morgan fingerprint density at radius 2 is 1.89 bits per heavy atom. The Kier molecular flexibility index (Phi) is 3.69. The Morgan fingerprint density at radius 3 is 2.74 bits per heavy atom. The molecule has 0 radical (unpaired) electrons. The average molecular weight is 292 g/mol. The van der Waals surface area contributed by atoms with Crippen molar-refractivity contribution in [2.75, 3.05) is 5.75 Å². The molecule has 0 spiro atoms. The molecule has 1 aliphatic rings. The maximum Gasteiger partial charge on any atom is 0.133 e. The summed E-state index contributed by atoms with van der Waals surface area (Å²) < 4.78 is 6.00. The maximum atomic E-state index is 6.30. The summed E-state index contributed by atoms with van der Waals surface area (Å²) in [6.07, 6.45) is -0.0557. The molecule has 19 heavy (non-hydrogen) atoms. The number of para-hydroxylation sites is 1. The maximum absolute atomic E-state index is 6.30. The molecule has 0 fully saturated rings. The van der Waals surface area contributed by atoms with Crippen LogP contribution in [0.25, 0.3) is 0 Å². The zero-order chi connectivity index (χ0) is 13.2. The van der Waals surface area contributed by atoms with Crippen LogP contribution < -0.4 is 10.5 Å². The number of halogens is 1. The molecule has 2 aromatic rings. The average Bonchev–Trinajstić information content (AvgIpc) is 2.46. The Morgan fingerprint density at radius 1 is 1.16 bits per heavy atom. The van der Waals surface area contributed by atoms with Crippen LogP contribution in [0.5, 0.6) is 5.75 Å². The van der Waals surface area contributed by atoms with Crippen molar-refractivity contribution in [1.29, 1.82) is 0 Å². The van der Waals surface area contributed by atoms with E-state index in [1.165, 1.54) is 4.90 Å². The lowest BCUT2D eigenvalue weighted by molar-refractivity contribution is 0.185. The summed E-state index contributed by atoms with van der Waals surface area (Å²) in [6, 6.07) is 15.5. The summed E-state index contributed by atoms with van der Waals surface area (Å²) in [7, 11) is 0. The molecule has 0 saturated heterocycles. The molecule has 2 atom stereocenters. The SMILES string of the molecule is NC(c1ccccc1Cl)C1CSc2ccccc2O1. The van der Waals surface area contributed by atoms with E-state index in [9.17, 15) is 0 Å². The fourth-order valence-electron chi connectivity index (χ4n) is 2.16. The molecule has 3 rings (SSSR count). The zero-order valence-electron chi connectivity index (χ0n) is 10.3. The fraction of sp³-hybridized carbons (Fsp3) is 0.200. The van der Waals surface area contributed by atoms with E-state index in [1.54, 1.807) is 11.8 Å². The van der Waals surface area contributed by atoms with E-state index < -0.39 is 0 Å². The molecule has 2 nitrogen and oxygen atoms in total. The lowest BCUT2D eigenvalue weighted by Gasteiger charge is -2.30. The van der Waals surface area contributed by atoms with Gasteiger partial charge in [-0.1, -0.05) is 41.9 Å². The van der Waals surface area contributed by atoms with Gasteiger partial charge in [-0.15, -0.1) is 11.8 Å². The molecule has 1 heterocycles. The van der Waals surface area contributed by atoms with Crippen molar-refractivity contribution in [2.24, 2.45) is 5.73 Å². The minimum atomic E-state index is -0.213. The van der Waals surface area contributed by atoms with E-state index >= 15 is 0 Å². The predicted octanol–water partition coefficient (Wildman–Crippen LogP) is 3.89. The van der Waals surface area contributed by atoms with Crippen LogP contribution in [0.1, 0.15) is 11.6 Å². The number of hydrogen-bond donors (Lipinski definition) is 1. The first-order chi connectivity index (χ1) is 9.25. The topological polar surface area (TPSA) is 35.2 Å². The minimum Gasteiger partial charge on any atom is -0.486 e. The largest absolute Gasteiger partial charge is 0.486 e. The van der Waals surface area contributed by atoms with Gasteiger partial charge in [0.05, 0.1) is 6.04 Å². The zero-order valence-corrected chi connectivity index (χ0v) is 11.8. The molecule has 1 aliphatic heterocycles. The van der Waals surface area contributed by atoms with E-state index in [-0.39, 0.29) is 12.1 Å². The van der Waals surface area contributed by atoms with Crippen LogP contribution in [-0.4, -0.2) is 11.9 Å². The monoisotopic (exact) mass is 291 g/mol. The summed E-state index contributed by atoms with van der Waals surface area (Å²) in [5.74, 6) is 1.75. The second kappa shape index (κ2) is 5.45. The van der Waals surface area contributed by atoms with Crippen molar-refractivity contribution in [3.63, 3.8) is 0 Å². The molecule has 98 valence electrons. The molecule has 2 unspecified atom stereocenters. The summed E-state index contributed by atoms with van der Waals surface area (Å²) in [5, 5.41) is 0.697. The molecule has 0 aromatic heterocycles. The highest BCUT2D eigenvalue weighted by Crippen LogP contribution is 2.38. The lowest BCUT2D eigenvalue weighted by Crippen LogP contribution is -2.35. The third kappa shape index (κ3) is 2.59. The second-order valence-electron chi connectivity index (χ2n) is 4.46. The minimum absolute atomic E-state index is 0.0557. The second-order valence-corrected chi connectivity index (χ2v) is 5.93. The number of thioether (sulfide) groups is 1. The van der Waals surface area contributed by atoms with Crippen molar-refractivity contribution in [1.82, 2.24) is 0 Å². The van der Waals surface area contributed by atoms with Crippen LogP contribution in [0, 0.1) is 0 Å². The molecular weight excluding hydrogens is 278 g/mol. The van der Waals surface area contributed by atoms with E-state index in [2.05, 4.69) is 6.07 Å². The van der Waals surface area contributed by atoms with Crippen LogP contribution in [0.15, 0.2) is 53.4 Å². The van der Waals surface area contributed by atoms with Crippen molar-refractivity contribution in [3.8, 4) is 5.75 Å². The number of nitrogens with two attached hydrogens (primary N) is 1. The molecule has 0 aliphatic carbocycles. The third-order valence-electron chi connectivity index (χ3n) is 3.20. The van der Waals surface area contributed by atoms with Crippen molar-refractivity contribution >= 4 is 23.4 Å². The van der Waals surface area contributed by atoms with Crippen LogP contribution in [0.2, 0.25) is 5.02 Å². The summed E-state index contributed by atoms with van der Waals surface area (Å²) in [5.41, 5.74) is 7.24. The number of ether oxygens (including phenoxy) is 1. The molecule has 0 amide bonds. The molecule has 2 aromatic carbocycles.